The molecule has 0 saturated heterocycles. The highest BCUT2D eigenvalue weighted by Crippen LogP contribution is 2.26. The van der Waals surface area contributed by atoms with Crippen LogP contribution in [0.15, 0.2) is 24.3 Å². The van der Waals surface area contributed by atoms with Crippen molar-refractivity contribution in [3.63, 3.8) is 0 Å². The zero-order valence-corrected chi connectivity index (χ0v) is 13.3. The summed E-state index contributed by atoms with van der Waals surface area (Å²) < 4.78 is 0. The van der Waals surface area contributed by atoms with Crippen LogP contribution in [0.4, 0.5) is 0 Å². The van der Waals surface area contributed by atoms with Crippen LogP contribution in [0.1, 0.15) is 66.2 Å². The summed E-state index contributed by atoms with van der Waals surface area (Å²) in [4.78, 5) is 24.0. The second kappa shape index (κ2) is 8.08. The summed E-state index contributed by atoms with van der Waals surface area (Å²) in [6, 6.07) is 6.92. The third kappa shape index (κ3) is 4.17. The molecule has 1 atom stereocenters. The van der Waals surface area contributed by atoms with Crippen LogP contribution in [-0.2, 0) is 0 Å². The Kier molecular flexibility index (Phi) is 6.13. The topological polar surface area (TPSA) is 72.2 Å². The lowest BCUT2D eigenvalue weighted by atomic mass is 9.84. The molecular formula is C18H26N2O2. The number of carbonyl (C=O) groups excluding carboxylic acids is 2. The van der Waals surface area contributed by atoms with Crippen molar-refractivity contribution >= 4 is 11.7 Å². The van der Waals surface area contributed by atoms with Gasteiger partial charge in [0.25, 0.3) is 5.91 Å². The summed E-state index contributed by atoms with van der Waals surface area (Å²) in [7, 11) is 0. The van der Waals surface area contributed by atoms with E-state index in [-0.39, 0.29) is 17.7 Å². The fraction of sp³-hybridized carbons (Fsp3) is 0.556. The first-order valence-corrected chi connectivity index (χ1v) is 8.30. The van der Waals surface area contributed by atoms with Crippen molar-refractivity contribution in [2.75, 3.05) is 6.54 Å². The number of ketones is 1. The fourth-order valence-corrected chi connectivity index (χ4v) is 3.17. The number of nitrogens with two attached hydrogens (primary N) is 1. The van der Waals surface area contributed by atoms with Crippen molar-refractivity contribution in [1.29, 1.82) is 0 Å². The Bertz CT molecular complexity index is 504. The molecule has 0 radical (unpaired) electrons. The minimum absolute atomic E-state index is 0.0461. The molecule has 4 nitrogen and oxygen atoms in total. The quantitative estimate of drug-likeness (QED) is 0.794. The predicted molar refractivity (Wildman–Crippen MR) is 87.9 cm³/mol. The van der Waals surface area contributed by atoms with Gasteiger partial charge in [0.1, 0.15) is 0 Å². The van der Waals surface area contributed by atoms with Crippen LogP contribution in [0.25, 0.3) is 0 Å². The molecule has 0 aliphatic heterocycles. The average molecular weight is 302 g/mol. The summed E-state index contributed by atoms with van der Waals surface area (Å²) in [5, 5.41) is 3.07. The van der Waals surface area contributed by atoms with Gasteiger partial charge in [-0.15, -0.1) is 0 Å². The molecule has 1 aromatic carbocycles. The highest BCUT2D eigenvalue weighted by Gasteiger charge is 2.24. The smallest absolute Gasteiger partial charge is 0.251 e. The van der Waals surface area contributed by atoms with Gasteiger partial charge < -0.3 is 11.1 Å². The number of hydrogen-bond acceptors (Lipinski definition) is 3. The fourth-order valence-electron chi connectivity index (χ4n) is 3.17. The summed E-state index contributed by atoms with van der Waals surface area (Å²) in [5.41, 5.74) is 7.09. The maximum atomic E-state index is 12.4. The lowest BCUT2D eigenvalue weighted by Gasteiger charge is -2.30. The van der Waals surface area contributed by atoms with Gasteiger partial charge in [-0.05, 0) is 30.9 Å². The monoisotopic (exact) mass is 302 g/mol. The molecule has 4 heteroatoms. The highest BCUT2D eigenvalue weighted by molar-refractivity contribution is 5.98. The maximum Gasteiger partial charge on any atom is 0.251 e. The highest BCUT2D eigenvalue weighted by atomic mass is 16.1. The zero-order valence-electron chi connectivity index (χ0n) is 13.3. The first-order chi connectivity index (χ1) is 10.7. The molecule has 1 aromatic rings. The molecule has 2 rings (SSSR count). The summed E-state index contributed by atoms with van der Waals surface area (Å²) >= 11 is 0. The molecule has 1 aliphatic rings. The van der Waals surface area contributed by atoms with Crippen LogP contribution in [0.3, 0.4) is 0 Å². The number of rotatable bonds is 6. The van der Waals surface area contributed by atoms with Crippen LogP contribution in [0.2, 0.25) is 0 Å². The Balaban J connectivity index is 1.99. The van der Waals surface area contributed by atoms with Gasteiger partial charge >= 0.3 is 0 Å². The van der Waals surface area contributed by atoms with E-state index in [1.807, 2.05) is 6.92 Å². The Morgan fingerprint density at radius 2 is 1.73 bits per heavy atom. The minimum atomic E-state index is -0.100. The van der Waals surface area contributed by atoms with Gasteiger partial charge in [0.15, 0.2) is 5.78 Å². The molecular weight excluding hydrogens is 276 g/mol. The molecule has 0 spiro atoms. The van der Waals surface area contributed by atoms with E-state index in [2.05, 4.69) is 5.32 Å². The maximum absolute atomic E-state index is 12.4. The minimum Gasteiger partial charge on any atom is -0.348 e. The number of hydrogen-bond donors (Lipinski definition) is 2. The summed E-state index contributed by atoms with van der Waals surface area (Å²) in [5.74, 6) is 0.481. The number of carbonyl (C=O) groups is 2. The van der Waals surface area contributed by atoms with Gasteiger partial charge in [0.2, 0.25) is 0 Å². The van der Waals surface area contributed by atoms with Gasteiger partial charge in [0, 0.05) is 30.1 Å². The van der Waals surface area contributed by atoms with Crippen LogP contribution < -0.4 is 11.1 Å². The molecule has 0 bridgehead atoms. The molecule has 0 heterocycles. The SMILES string of the molecule is CCC(=O)c1ccc(C(=O)NC(CN)C2CCCCC2)cc1. The largest absolute Gasteiger partial charge is 0.348 e. The van der Waals surface area contributed by atoms with E-state index < -0.39 is 0 Å². The molecule has 3 N–H and O–H groups in total. The van der Waals surface area contributed by atoms with Crippen molar-refractivity contribution in [2.45, 2.75) is 51.5 Å². The molecule has 1 aliphatic carbocycles. The Morgan fingerprint density at radius 1 is 1.14 bits per heavy atom. The van der Waals surface area contributed by atoms with Gasteiger partial charge in [-0.3, -0.25) is 9.59 Å². The average Bonchev–Trinajstić information content (AvgIpc) is 2.59. The van der Waals surface area contributed by atoms with E-state index in [0.29, 0.717) is 30.0 Å². The molecule has 22 heavy (non-hydrogen) atoms. The van der Waals surface area contributed by atoms with E-state index in [9.17, 15) is 9.59 Å². The molecule has 120 valence electrons. The Labute approximate surface area is 132 Å². The number of Topliss-reactive ketones (excluding diaryl/α,β-unsaturated/α-hetero) is 1. The van der Waals surface area contributed by atoms with Gasteiger partial charge in [-0.2, -0.15) is 0 Å². The van der Waals surface area contributed by atoms with Crippen molar-refractivity contribution in [3.8, 4) is 0 Å². The lowest BCUT2D eigenvalue weighted by Crippen LogP contribution is -2.45. The first kappa shape index (κ1) is 16.7. The van der Waals surface area contributed by atoms with Gasteiger partial charge in [-0.25, -0.2) is 0 Å². The standard InChI is InChI=1S/C18H26N2O2/c1-2-17(21)14-8-10-15(11-9-14)18(22)20-16(12-19)13-6-4-3-5-7-13/h8-11,13,16H,2-7,12,19H2,1H3,(H,20,22). The Morgan fingerprint density at radius 3 is 2.27 bits per heavy atom. The predicted octanol–water partition coefficient (Wildman–Crippen LogP) is 2.92. The van der Waals surface area contributed by atoms with E-state index in [4.69, 9.17) is 5.73 Å². The van der Waals surface area contributed by atoms with Crippen LogP contribution >= 0.6 is 0 Å². The number of amides is 1. The van der Waals surface area contributed by atoms with Crippen molar-refractivity contribution in [2.24, 2.45) is 11.7 Å². The lowest BCUT2D eigenvalue weighted by molar-refractivity contribution is 0.0913. The normalized spacial score (nSPS) is 17.0. The molecule has 0 aromatic heterocycles. The van der Waals surface area contributed by atoms with Crippen molar-refractivity contribution < 1.29 is 9.59 Å². The van der Waals surface area contributed by atoms with E-state index in [1.54, 1.807) is 24.3 Å². The van der Waals surface area contributed by atoms with Gasteiger partial charge in [-0.1, -0.05) is 38.3 Å². The molecule has 1 fully saturated rings. The zero-order chi connectivity index (χ0) is 15.9. The second-order valence-electron chi connectivity index (χ2n) is 6.07. The number of benzene rings is 1. The van der Waals surface area contributed by atoms with E-state index >= 15 is 0 Å². The third-order valence-corrected chi connectivity index (χ3v) is 4.58. The second-order valence-corrected chi connectivity index (χ2v) is 6.07. The van der Waals surface area contributed by atoms with Crippen molar-refractivity contribution in [1.82, 2.24) is 5.32 Å². The third-order valence-electron chi connectivity index (χ3n) is 4.58. The van der Waals surface area contributed by atoms with Gasteiger partial charge in [0.05, 0.1) is 0 Å². The van der Waals surface area contributed by atoms with E-state index in [0.717, 1.165) is 12.8 Å². The first-order valence-electron chi connectivity index (χ1n) is 8.30. The number of nitrogens with one attached hydrogen (secondary N) is 1. The van der Waals surface area contributed by atoms with Crippen LogP contribution in [-0.4, -0.2) is 24.3 Å². The summed E-state index contributed by atoms with van der Waals surface area (Å²) in [6.45, 7) is 2.31. The molecule has 1 saturated carbocycles. The van der Waals surface area contributed by atoms with E-state index in [1.165, 1.54) is 19.3 Å². The molecule has 1 unspecified atom stereocenters. The van der Waals surface area contributed by atoms with Crippen LogP contribution in [0.5, 0.6) is 0 Å². The van der Waals surface area contributed by atoms with Crippen LogP contribution in [0, 0.1) is 5.92 Å². The summed E-state index contributed by atoms with van der Waals surface area (Å²) in [6.07, 6.45) is 6.50. The van der Waals surface area contributed by atoms with Crippen molar-refractivity contribution in [3.05, 3.63) is 35.4 Å². The Hall–Kier alpha value is -1.68. The molecule has 1 amide bonds.